The Morgan fingerprint density at radius 1 is 1.00 bits per heavy atom. The second-order valence-electron chi connectivity index (χ2n) is 8.50. The number of rotatable bonds is 8. The van der Waals surface area contributed by atoms with Crippen LogP contribution in [0.15, 0.2) is 65.8 Å². The molecule has 0 radical (unpaired) electrons. The van der Waals surface area contributed by atoms with Crippen LogP contribution < -0.4 is 19.9 Å². The lowest BCUT2D eigenvalue weighted by Crippen LogP contribution is -2.31. The molecule has 0 atom stereocenters. The van der Waals surface area contributed by atoms with Crippen molar-refractivity contribution in [3.63, 3.8) is 0 Å². The van der Waals surface area contributed by atoms with Crippen molar-refractivity contribution in [3.8, 4) is 28.8 Å². The van der Waals surface area contributed by atoms with Crippen LogP contribution in [-0.4, -0.2) is 35.9 Å². The molecule has 1 aromatic carbocycles. The molecule has 4 rings (SSSR count). The SMILES string of the molecule is CCOc1ncccc1-c1ccc(C(=O)NS(=O)(=O)c2cccc(N)n2)c(Oc2c(C)cc(C)cc2C)n1.[HH]. The molecular formula is C27H29N5O5S. The number of carbonyl (C=O) groups excluding carboxylic acids is 1. The smallest absolute Gasteiger partial charge is 0.281 e. The Bertz CT molecular complexity index is 1610. The normalized spacial score (nSPS) is 11.2. The van der Waals surface area contributed by atoms with Crippen LogP contribution in [0.3, 0.4) is 0 Å². The minimum Gasteiger partial charge on any atom is -0.477 e. The number of aryl methyl sites for hydroxylation is 3. The Balaban J connectivity index is 0.00000420. The van der Waals surface area contributed by atoms with E-state index in [1.807, 2.05) is 44.5 Å². The van der Waals surface area contributed by atoms with Crippen LogP contribution in [0.25, 0.3) is 11.3 Å². The molecule has 198 valence electrons. The van der Waals surface area contributed by atoms with Crippen LogP contribution in [0.2, 0.25) is 0 Å². The lowest BCUT2D eigenvalue weighted by Gasteiger charge is -2.16. The Morgan fingerprint density at radius 2 is 1.74 bits per heavy atom. The van der Waals surface area contributed by atoms with Crippen molar-refractivity contribution in [2.75, 3.05) is 12.3 Å². The van der Waals surface area contributed by atoms with Gasteiger partial charge < -0.3 is 15.2 Å². The van der Waals surface area contributed by atoms with Crippen molar-refractivity contribution in [2.24, 2.45) is 0 Å². The van der Waals surface area contributed by atoms with E-state index >= 15 is 0 Å². The summed E-state index contributed by atoms with van der Waals surface area (Å²) in [6, 6.07) is 14.5. The van der Waals surface area contributed by atoms with Gasteiger partial charge >= 0.3 is 0 Å². The summed E-state index contributed by atoms with van der Waals surface area (Å²) in [6.45, 7) is 7.96. The average Bonchev–Trinajstić information content (AvgIpc) is 2.86. The monoisotopic (exact) mass is 535 g/mol. The summed E-state index contributed by atoms with van der Waals surface area (Å²) in [5.74, 6) is -0.157. The molecule has 0 unspecified atom stereocenters. The third kappa shape index (κ3) is 5.73. The molecule has 0 aliphatic rings. The van der Waals surface area contributed by atoms with Crippen LogP contribution in [0.5, 0.6) is 17.5 Å². The van der Waals surface area contributed by atoms with Gasteiger partial charge in [0.25, 0.3) is 15.9 Å². The molecule has 10 nitrogen and oxygen atoms in total. The fourth-order valence-electron chi connectivity index (χ4n) is 3.91. The highest BCUT2D eigenvalue weighted by Crippen LogP contribution is 2.34. The Labute approximate surface area is 222 Å². The molecule has 0 spiro atoms. The first-order valence-corrected chi connectivity index (χ1v) is 13.2. The van der Waals surface area contributed by atoms with Crippen LogP contribution in [0.1, 0.15) is 35.4 Å². The van der Waals surface area contributed by atoms with Crippen LogP contribution in [0.4, 0.5) is 5.82 Å². The number of carbonyl (C=O) groups is 1. The van der Waals surface area contributed by atoms with Crippen molar-refractivity contribution in [1.82, 2.24) is 19.7 Å². The summed E-state index contributed by atoms with van der Waals surface area (Å²) in [7, 11) is -4.32. The predicted molar refractivity (Wildman–Crippen MR) is 145 cm³/mol. The van der Waals surface area contributed by atoms with E-state index in [1.165, 1.54) is 24.3 Å². The summed E-state index contributed by atoms with van der Waals surface area (Å²) in [4.78, 5) is 25.9. The minimum absolute atomic E-state index is 0. The predicted octanol–water partition coefficient (Wildman–Crippen LogP) is 4.60. The van der Waals surface area contributed by atoms with E-state index in [0.717, 1.165) is 16.7 Å². The maximum Gasteiger partial charge on any atom is 0.281 e. The summed E-state index contributed by atoms with van der Waals surface area (Å²) < 4.78 is 39.6. The Kier molecular flexibility index (Phi) is 7.58. The zero-order valence-corrected chi connectivity index (χ0v) is 22.2. The van der Waals surface area contributed by atoms with Crippen molar-refractivity contribution in [3.05, 3.63) is 83.0 Å². The zero-order chi connectivity index (χ0) is 27.4. The van der Waals surface area contributed by atoms with E-state index in [4.69, 9.17) is 15.2 Å². The highest BCUT2D eigenvalue weighted by Gasteiger charge is 2.25. The summed E-state index contributed by atoms with van der Waals surface area (Å²) in [5.41, 5.74) is 9.23. The number of nitrogen functional groups attached to an aromatic ring is 1. The highest BCUT2D eigenvalue weighted by molar-refractivity contribution is 7.90. The van der Waals surface area contributed by atoms with E-state index in [2.05, 4.69) is 15.0 Å². The second kappa shape index (κ2) is 10.9. The van der Waals surface area contributed by atoms with Crippen molar-refractivity contribution >= 4 is 21.7 Å². The van der Waals surface area contributed by atoms with Gasteiger partial charge in [0, 0.05) is 7.62 Å². The van der Waals surface area contributed by atoms with Gasteiger partial charge in [0.2, 0.25) is 11.8 Å². The number of hydrogen-bond acceptors (Lipinski definition) is 9. The topological polar surface area (TPSA) is 146 Å². The number of ether oxygens (including phenoxy) is 2. The molecule has 3 heterocycles. The number of sulfonamides is 1. The molecule has 38 heavy (non-hydrogen) atoms. The van der Waals surface area contributed by atoms with Gasteiger partial charge in [-0.2, -0.15) is 8.42 Å². The van der Waals surface area contributed by atoms with E-state index in [0.29, 0.717) is 29.5 Å². The van der Waals surface area contributed by atoms with Crippen LogP contribution in [-0.2, 0) is 10.0 Å². The van der Waals surface area contributed by atoms with E-state index < -0.39 is 15.9 Å². The highest BCUT2D eigenvalue weighted by atomic mass is 32.2. The largest absolute Gasteiger partial charge is 0.477 e. The molecule has 0 saturated heterocycles. The van der Waals surface area contributed by atoms with E-state index in [1.54, 1.807) is 24.4 Å². The van der Waals surface area contributed by atoms with Gasteiger partial charge in [0.1, 0.15) is 17.1 Å². The molecule has 0 fully saturated rings. The van der Waals surface area contributed by atoms with Crippen molar-refractivity contribution in [2.45, 2.75) is 32.7 Å². The lowest BCUT2D eigenvalue weighted by atomic mass is 10.1. The fraction of sp³-hybridized carbons (Fsp3) is 0.185. The molecule has 0 aliphatic carbocycles. The first-order chi connectivity index (χ1) is 18.1. The lowest BCUT2D eigenvalue weighted by molar-refractivity contribution is 0.0978. The molecule has 11 heteroatoms. The Hall–Kier alpha value is -4.51. The quantitative estimate of drug-likeness (QED) is 0.330. The first-order valence-electron chi connectivity index (χ1n) is 11.7. The standard InChI is InChI=1S/C27H27N5O5S.H2/c1-5-36-26-19(8-7-13-29-26)21-12-11-20(25(33)32-38(34,35)23-10-6-9-22(28)31-23)27(30-21)37-24-17(3)14-16(2)15-18(24)4;/h6-15H,5H2,1-4H3,(H2,28,31)(H,32,33);1H. The average molecular weight is 536 g/mol. The molecule has 0 aliphatic heterocycles. The molecule has 0 bridgehead atoms. The summed E-state index contributed by atoms with van der Waals surface area (Å²) >= 11 is 0. The van der Waals surface area contributed by atoms with Gasteiger partial charge in [-0.05, 0) is 75.2 Å². The fourth-order valence-corrected chi connectivity index (χ4v) is 4.85. The number of anilines is 1. The number of hydrogen-bond donors (Lipinski definition) is 2. The third-order valence-electron chi connectivity index (χ3n) is 5.48. The maximum atomic E-state index is 13.3. The van der Waals surface area contributed by atoms with Gasteiger partial charge in [0.15, 0.2) is 5.03 Å². The zero-order valence-electron chi connectivity index (χ0n) is 21.3. The minimum atomic E-state index is -4.32. The number of nitrogens with one attached hydrogen (secondary N) is 1. The van der Waals surface area contributed by atoms with Gasteiger partial charge in [-0.3, -0.25) is 4.79 Å². The molecule has 0 saturated carbocycles. The first kappa shape index (κ1) is 26.6. The Morgan fingerprint density at radius 3 is 2.42 bits per heavy atom. The van der Waals surface area contributed by atoms with Gasteiger partial charge in [-0.25, -0.2) is 19.7 Å². The third-order valence-corrected chi connectivity index (χ3v) is 6.72. The van der Waals surface area contributed by atoms with Crippen LogP contribution >= 0.6 is 0 Å². The molecule has 4 aromatic rings. The molecule has 1 amide bonds. The van der Waals surface area contributed by atoms with Crippen molar-refractivity contribution in [1.29, 1.82) is 0 Å². The van der Waals surface area contributed by atoms with E-state index in [9.17, 15) is 13.2 Å². The summed E-state index contributed by atoms with van der Waals surface area (Å²) in [5, 5.41) is -0.389. The molecular weight excluding hydrogens is 506 g/mol. The van der Waals surface area contributed by atoms with Gasteiger partial charge in [-0.1, -0.05) is 23.8 Å². The maximum absolute atomic E-state index is 13.3. The van der Waals surface area contributed by atoms with Crippen LogP contribution in [0, 0.1) is 20.8 Å². The summed E-state index contributed by atoms with van der Waals surface area (Å²) in [6.07, 6.45) is 1.60. The van der Waals surface area contributed by atoms with Gasteiger partial charge in [0.05, 0.1) is 17.9 Å². The number of nitrogens with two attached hydrogens (primary N) is 1. The number of benzene rings is 1. The van der Waals surface area contributed by atoms with Gasteiger partial charge in [-0.15, -0.1) is 0 Å². The van der Waals surface area contributed by atoms with Crippen molar-refractivity contribution < 1.29 is 24.1 Å². The molecule has 3 N–H and O–H groups in total. The van der Waals surface area contributed by atoms with E-state index in [-0.39, 0.29) is 23.7 Å². The number of pyridine rings is 3. The number of nitrogens with zero attached hydrogens (tertiary/aromatic N) is 3. The number of amides is 1. The number of aromatic nitrogens is 3. The molecule has 3 aromatic heterocycles. The second-order valence-corrected chi connectivity index (χ2v) is 10.1.